The molecular formula is C38H65N5O7. The van der Waals surface area contributed by atoms with Crippen LogP contribution in [0.5, 0.6) is 0 Å². The molecule has 1 heterocycles. The maximum atomic E-state index is 14.1. The van der Waals surface area contributed by atoms with Crippen molar-refractivity contribution in [2.45, 2.75) is 129 Å². The molecule has 1 aromatic carbocycles. The van der Waals surface area contributed by atoms with Crippen LogP contribution in [0.2, 0.25) is 0 Å². The number of carbonyl (C=O) groups is 4. The number of nitrogens with one attached hydrogen (secondary N) is 3. The summed E-state index contributed by atoms with van der Waals surface area (Å²) in [5.41, 5.74) is 0.714. The van der Waals surface area contributed by atoms with Gasteiger partial charge >= 0.3 is 0 Å². The summed E-state index contributed by atoms with van der Waals surface area (Å²) >= 11 is 0. The number of benzene rings is 1. The number of hydrogen-bond donors (Lipinski definition) is 4. The summed E-state index contributed by atoms with van der Waals surface area (Å²) in [6, 6.07) is 7.56. The van der Waals surface area contributed by atoms with Crippen molar-refractivity contribution in [2.24, 2.45) is 11.8 Å². The highest BCUT2D eigenvalue weighted by molar-refractivity contribution is 5.87. The lowest BCUT2D eigenvalue weighted by atomic mass is 9.89. The Balaban J connectivity index is 2.23. The van der Waals surface area contributed by atoms with Crippen LogP contribution >= 0.6 is 0 Å². The van der Waals surface area contributed by atoms with Gasteiger partial charge in [-0.2, -0.15) is 0 Å². The Labute approximate surface area is 300 Å². The molecule has 4 amide bonds. The Hall–Kier alpha value is -3.06. The van der Waals surface area contributed by atoms with E-state index >= 15 is 0 Å². The van der Waals surface area contributed by atoms with E-state index in [-0.39, 0.29) is 54.6 Å². The predicted octanol–water partition coefficient (Wildman–Crippen LogP) is 3.43. The maximum absolute atomic E-state index is 14.1. The number of rotatable bonds is 22. The van der Waals surface area contributed by atoms with Crippen molar-refractivity contribution in [1.29, 1.82) is 0 Å². The van der Waals surface area contributed by atoms with E-state index in [9.17, 15) is 24.3 Å². The van der Waals surface area contributed by atoms with E-state index in [0.29, 0.717) is 31.5 Å². The Morgan fingerprint density at radius 1 is 1.00 bits per heavy atom. The Bertz CT molecular complexity index is 1180. The van der Waals surface area contributed by atoms with Crippen LogP contribution in [0.15, 0.2) is 30.3 Å². The van der Waals surface area contributed by atoms with Gasteiger partial charge in [0.2, 0.25) is 23.6 Å². The van der Waals surface area contributed by atoms with Crippen molar-refractivity contribution in [1.82, 2.24) is 25.8 Å². The molecule has 1 fully saturated rings. The van der Waals surface area contributed by atoms with Crippen LogP contribution in [0.4, 0.5) is 0 Å². The fourth-order valence-corrected chi connectivity index (χ4v) is 7.09. The van der Waals surface area contributed by atoms with E-state index < -0.39 is 36.3 Å². The zero-order chi connectivity index (χ0) is 37.4. The zero-order valence-electron chi connectivity index (χ0n) is 31.9. The van der Waals surface area contributed by atoms with E-state index in [1.165, 1.54) is 0 Å². The van der Waals surface area contributed by atoms with Crippen LogP contribution in [0, 0.1) is 11.8 Å². The summed E-state index contributed by atoms with van der Waals surface area (Å²) in [4.78, 5) is 57.6. The molecule has 9 atom stereocenters. The first-order valence-corrected chi connectivity index (χ1v) is 18.5. The first kappa shape index (κ1) is 43.1. The van der Waals surface area contributed by atoms with Gasteiger partial charge in [-0.3, -0.25) is 19.2 Å². The second kappa shape index (κ2) is 22.0. The van der Waals surface area contributed by atoms with Gasteiger partial charge in [-0.15, -0.1) is 0 Å². The van der Waals surface area contributed by atoms with E-state index in [4.69, 9.17) is 9.47 Å². The number of ether oxygens (including phenoxy) is 2. The minimum Gasteiger partial charge on any atom is -0.386 e. The number of aliphatic hydroxyl groups is 1. The molecule has 12 nitrogen and oxygen atoms in total. The molecule has 0 unspecified atom stereocenters. The van der Waals surface area contributed by atoms with Gasteiger partial charge in [-0.1, -0.05) is 77.8 Å². The second-order valence-electron chi connectivity index (χ2n) is 13.7. The third-order valence-corrected chi connectivity index (χ3v) is 10.4. The predicted molar refractivity (Wildman–Crippen MR) is 195 cm³/mol. The number of hydrogen-bond acceptors (Lipinski definition) is 8. The lowest BCUT2D eigenvalue weighted by molar-refractivity contribution is -0.147. The Kier molecular flexibility index (Phi) is 19.0. The van der Waals surface area contributed by atoms with Crippen molar-refractivity contribution < 1.29 is 33.8 Å². The average Bonchev–Trinajstić information content (AvgIpc) is 3.61. The van der Waals surface area contributed by atoms with Crippen molar-refractivity contribution in [3.63, 3.8) is 0 Å². The van der Waals surface area contributed by atoms with Crippen LogP contribution in [0.1, 0.15) is 98.2 Å². The van der Waals surface area contributed by atoms with Crippen LogP contribution in [-0.2, 0) is 28.7 Å². The minimum absolute atomic E-state index is 0.0167. The lowest BCUT2D eigenvalue weighted by Crippen LogP contribution is -2.56. The molecule has 0 saturated carbocycles. The van der Waals surface area contributed by atoms with Crippen LogP contribution in [-0.4, -0.2) is 116 Å². The van der Waals surface area contributed by atoms with Gasteiger partial charge in [0.15, 0.2) is 0 Å². The largest absolute Gasteiger partial charge is 0.386 e. The van der Waals surface area contributed by atoms with E-state index in [1.807, 2.05) is 37.3 Å². The summed E-state index contributed by atoms with van der Waals surface area (Å²) in [5, 5.41) is 19.5. The molecule has 4 N–H and O–H groups in total. The highest BCUT2D eigenvalue weighted by atomic mass is 16.5. The lowest BCUT2D eigenvalue weighted by Gasteiger charge is -2.41. The molecule has 12 heteroatoms. The third-order valence-electron chi connectivity index (χ3n) is 10.4. The average molecular weight is 704 g/mol. The van der Waals surface area contributed by atoms with Gasteiger partial charge in [0.25, 0.3) is 0 Å². The van der Waals surface area contributed by atoms with Crippen molar-refractivity contribution in [2.75, 3.05) is 40.9 Å². The molecule has 0 aliphatic carbocycles. The number of likely N-dealkylation sites (tertiary alicyclic amines) is 1. The molecule has 0 aromatic heterocycles. The van der Waals surface area contributed by atoms with Gasteiger partial charge in [0.05, 0.1) is 61.4 Å². The topological polar surface area (TPSA) is 150 Å². The van der Waals surface area contributed by atoms with Crippen LogP contribution in [0.25, 0.3) is 0 Å². The third kappa shape index (κ3) is 11.7. The molecule has 1 aromatic rings. The molecule has 2 rings (SSSR count). The molecule has 1 saturated heterocycles. The second-order valence-corrected chi connectivity index (χ2v) is 13.7. The number of aliphatic hydroxyl groups excluding tert-OH is 1. The van der Waals surface area contributed by atoms with Crippen LogP contribution in [0.3, 0.4) is 0 Å². The van der Waals surface area contributed by atoms with Gasteiger partial charge in [-0.05, 0) is 51.1 Å². The summed E-state index contributed by atoms with van der Waals surface area (Å²) in [6.45, 7) is 12.5. The minimum atomic E-state index is -0.871. The fourth-order valence-electron chi connectivity index (χ4n) is 7.09. The van der Waals surface area contributed by atoms with Gasteiger partial charge in [0.1, 0.15) is 0 Å². The number of carbonyl (C=O) groups excluding carboxylic acids is 4. The normalized spacial score (nSPS) is 19.4. The monoisotopic (exact) mass is 703 g/mol. The van der Waals surface area contributed by atoms with Crippen molar-refractivity contribution >= 4 is 23.6 Å². The van der Waals surface area contributed by atoms with Crippen molar-refractivity contribution in [3.05, 3.63) is 35.9 Å². The SMILES string of the molecule is CCCCN(C(=O)CNC(=O)[C@H](CC)NC)[C@@H]([C@@H](C)CC)[C@@H](CC(=O)N1CCC[C@H]1[C@H](OC)[C@@H](C)C(=O)N[C@H](C)[C@@H](O)c1ccccc1)OC. The highest BCUT2D eigenvalue weighted by Crippen LogP contribution is 2.30. The van der Waals surface area contributed by atoms with Crippen molar-refractivity contribution in [3.8, 4) is 0 Å². The first-order valence-electron chi connectivity index (χ1n) is 18.5. The number of unbranched alkanes of at least 4 members (excludes halogenated alkanes) is 1. The maximum Gasteiger partial charge on any atom is 0.242 e. The molecule has 50 heavy (non-hydrogen) atoms. The number of likely N-dealkylation sites (N-methyl/N-ethyl adjacent to an activating group) is 1. The first-order chi connectivity index (χ1) is 23.9. The Morgan fingerprint density at radius 3 is 2.24 bits per heavy atom. The highest BCUT2D eigenvalue weighted by Gasteiger charge is 2.42. The standard InChI is InChI=1S/C38H65N5O7/c1-10-13-21-43(33(45)24-40-38(48)29(12-3)39-7)34(25(4)11-2)31(49-8)23-32(44)42-22-17-20-30(42)36(50-9)26(5)37(47)41-27(6)35(46)28-18-15-14-16-19-28/h14-16,18-19,25-27,29-31,34-36,39,46H,10-13,17,20-24H2,1-9H3,(H,40,48)(H,41,47)/t25-,26+,27+,29-,30-,31+,34-,35+,36+/m0/s1. The summed E-state index contributed by atoms with van der Waals surface area (Å²) in [6.07, 6.45) is 2.50. The number of amides is 4. The van der Waals surface area contributed by atoms with Crippen LogP contribution < -0.4 is 16.0 Å². The molecule has 1 aliphatic heterocycles. The van der Waals surface area contributed by atoms with Gasteiger partial charge in [-0.25, -0.2) is 0 Å². The number of methoxy groups -OCH3 is 2. The zero-order valence-corrected chi connectivity index (χ0v) is 31.9. The number of nitrogens with zero attached hydrogens (tertiary/aromatic N) is 2. The molecule has 1 aliphatic rings. The molecular weight excluding hydrogens is 638 g/mol. The molecule has 0 bridgehead atoms. The fraction of sp³-hybridized carbons (Fsp3) is 0.737. The van der Waals surface area contributed by atoms with E-state index in [2.05, 4.69) is 36.7 Å². The van der Waals surface area contributed by atoms with E-state index in [0.717, 1.165) is 25.7 Å². The molecule has 284 valence electrons. The molecule has 0 radical (unpaired) electrons. The Morgan fingerprint density at radius 2 is 1.68 bits per heavy atom. The molecule has 0 spiro atoms. The smallest absolute Gasteiger partial charge is 0.242 e. The van der Waals surface area contributed by atoms with Gasteiger partial charge in [0, 0.05) is 27.3 Å². The quantitative estimate of drug-likeness (QED) is 0.144. The summed E-state index contributed by atoms with van der Waals surface area (Å²) in [7, 11) is 4.85. The van der Waals surface area contributed by atoms with Gasteiger partial charge < -0.3 is 40.3 Å². The summed E-state index contributed by atoms with van der Waals surface area (Å²) in [5.74, 6) is -1.39. The summed E-state index contributed by atoms with van der Waals surface area (Å²) < 4.78 is 11.9. The van der Waals surface area contributed by atoms with E-state index in [1.54, 1.807) is 44.9 Å².